The standard InChI is InChI=1S/C25H36O5/c1-4-6-7-8-9-10-18-25(29)19-17-23(27)22(25)16-12-15-21(26)14-11-13-20(3)24(28)30-5-2/h9-10,12-13,15-17,19,21,26,29H,4-8,11,14,18H2,1-3H3/b10-9-,15-12-,20-13+,22-16-/t21-,25+/m1/s1. The Balaban J connectivity index is 2.58. The predicted molar refractivity (Wildman–Crippen MR) is 120 cm³/mol. The van der Waals surface area contributed by atoms with Gasteiger partial charge in [-0.15, -0.1) is 0 Å². The van der Waals surface area contributed by atoms with Gasteiger partial charge in [-0.3, -0.25) is 4.79 Å². The maximum absolute atomic E-state index is 12.1. The van der Waals surface area contributed by atoms with Crippen molar-refractivity contribution in [1.82, 2.24) is 0 Å². The van der Waals surface area contributed by atoms with Crippen molar-refractivity contribution < 1.29 is 24.5 Å². The monoisotopic (exact) mass is 416 g/mol. The molecule has 1 aliphatic carbocycles. The van der Waals surface area contributed by atoms with Crippen molar-refractivity contribution in [2.75, 3.05) is 6.61 Å². The van der Waals surface area contributed by atoms with E-state index >= 15 is 0 Å². The van der Waals surface area contributed by atoms with Crippen molar-refractivity contribution in [2.45, 2.75) is 77.4 Å². The molecule has 5 heteroatoms. The van der Waals surface area contributed by atoms with Gasteiger partial charge < -0.3 is 14.9 Å². The largest absolute Gasteiger partial charge is 0.463 e. The molecule has 0 amide bonds. The SMILES string of the molecule is CCCCC/C=C\C[C@]1(O)C=CC(=O)/C1=C/C=C\[C@H](O)CC/C=C(\C)C(=O)OCC. The summed E-state index contributed by atoms with van der Waals surface area (Å²) >= 11 is 0. The molecule has 0 saturated carbocycles. The molecule has 0 radical (unpaired) electrons. The Kier molecular flexibility index (Phi) is 11.9. The molecule has 0 aromatic heterocycles. The lowest BCUT2D eigenvalue weighted by Gasteiger charge is -2.20. The van der Waals surface area contributed by atoms with Crippen LogP contribution >= 0.6 is 0 Å². The fourth-order valence-electron chi connectivity index (χ4n) is 3.08. The van der Waals surface area contributed by atoms with Gasteiger partial charge >= 0.3 is 5.97 Å². The molecule has 166 valence electrons. The highest BCUT2D eigenvalue weighted by Crippen LogP contribution is 2.30. The number of carbonyl (C=O) groups excluding carboxylic acids is 2. The van der Waals surface area contributed by atoms with Crippen LogP contribution in [0.2, 0.25) is 0 Å². The lowest BCUT2D eigenvalue weighted by molar-refractivity contribution is -0.138. The first-order valence-electron chi connectivity index (χ1n) is 10.9. The predicted octanol–water partition coefficient (Wildman–Crippen LogP) is 4.52. The van der Waals surface area contributed by atoms with Crippen LogP contribution in [0.15, 0.2) is 59.8 Å². The quantitative estimate of drug-likeness (QED) is 0.200. The Labute approximate surface area is 180 Å². The van der Waals surface area contributed by atoms with E-state index in [-0.39, 0.29) is 11.8 Å². The fourth-order valence-corrected chi connectivity index (χ4v) is 3.08. The Morgan fingerprint density at radius 3 is 2.70 bits per heavy atom. The minimum Gasteiger partial charge on any atom is -0.463 e. The van der Waals surface area contributed by atoms with Gasteiger partial charge in [0.25, 0.3) is 0 Å². The molecule has 0 heterocycles. The summed E-state index contributed by atoms with van der Waals surface area (Å²) in [4.78, 5) is 23.6. The summed E-state index contributed by atoms with van der Waals surface area (Å²) < 4.78 is 4.91. The van der Waals surface area contributed by atoms with E-state index in [9.17, 15) is 19.8 Å². The minimum absolute atomic E-state index is 0.219. The number of esters is 1. The molecule has 30 heavy (non-hydrogen) atoms. The molecule has 0 bridgehead atoms. The summed E-state index contributed by atoms with van der Waals surface area (Å²) in [6, 6.07) is 0. The lowest BCUT2D eigenvalue weighted by Crippen LogP contribution is -2.27. The van der Waals surface area contributed by atoms with Gasteiger partial charge in [-0.05, 0) is 51.7 Å². The van der Waals surface area contributed by atoms with Gasteiger partial charge in [0.1, 0.15) is 5.60 Å². The number of aliphatic hydroxyl groups excluding tert-OH is 1. The molecular weight excluding hydrogens is 380 g/mol. The minimum atomic E-state index is -1.30. The van der Waals surface area contributed by atoms with Crippen LogP contribution in [-0.4, -0.2) is 40.3 Å². The third-order valence-corrected chi connectivity index (χ3v) is 4.92. The van der Waals surface area contributed by atoms with E-state index < -0.39 is 11.7 Å². The molecule has 2 atom stereocenters. The first kappa shape index (κ1) is 25.8. The molecular formula is C25H36O5. The summed E-state index contributed by atoms with van der Waals surface area (Å²) in [5.74, 6) is -0.567. The van der Waals surface area contributed by atoms with E-state index in [1.54, 1.807) is 38.2 Å². The zero-order valence-corrected chi connectivity index (χ0v) is 18.5. The summed E-state index contributed by atoms with van der Waals surface area (Å²) in [5.41, 5.74) is -0.472. The van der Waals surface area contributed by atoms with Crippen molar-refractivity contribution in [1.29, 1.82) is 0 Å². The zero-order chi connectivity index (χ0) is 22.4. The second kappa shape index (κ2) is 13.9. The Morgan fingerprint density at radius 1 is 1.23 bits per heavy atom. The highest BCUT2D eigenvalue weighted by Gasteiger charge is 2.35. The molecule has 1 rings (SSSR count). The van der Waals surface area contributed by atoms with Crippen molar-refractivity contribution in [2.24, 2.45) is 0 Å². The van der Waals surface area contributed by atoms with Gasteiger partial charge in [-0.25, -0.2) is 4.79 Å². The molecule has 0 aliphatic heterocycles. The number of hydrogen-bond acceptors (Lipinski definition) is 5. The molecule has 0 aromatic rings. The normalized spacial score (nSPS) is 22.0. The molecule has 2 N–H and O–H groups in total. The van der Waals surface area contributed by atoms with Crippen LogP contribution < -0.4 is 0 Å². The zero-order valence-electron chi connectivity index (χ0n) is 18.5. The number of rotatable bonds is 13. The Morgan fingerprint density at radius 2 is 2.00 bits per heavy atom. The Bertz CT molecular complexity index is 711. The average Bonchev–Trinajstić information content (AvgIpc) is 2.99. The number of ketones is 1. The van der Waals surface area contributed by atoms with Crippen molar-refractivity contribution in [3.8, 4) is 0 Å². The van der Waals surface area contributed by atoms with E-state index in [2.05, 4.69) is 6.92 Å². The third kappa shape index (κ3) is 9.06. The van der Waals surface area contributed by atoms with E-state index in [1.165, 1.54) is 25.0 Å². The van der Waals surface area contributed by atoms with Crippen LogP contribution in [0.1, 0.15) is 65.7 Å². The van der Waals surface area contributed by atoms with E-state index in [4.69, 9.17) is 4.74 Å². The number of hydrogen-bond donors (Lipinski definition) is 2. The average molecular weight is 417 g/mol. The fraction of sp³-hybridized carbons (Fsp3) is 0.520. The van der Waals surface area contributed by atoms with Gasteiger partial charge in [0.05, 0.1) is 12.7 Å². The summed E-state index contributed by atoms with van der Waals surface area (Å²) in [6.45, 7) is 5.93. The second-order valence-electron chi connectivity index (χ2n) is 7.51. The smallest absolute Gasteiger partial charge is 0.333 e. The summed E-state index contributed by atoms with van der Waals surface area (Å²) in [5, 5.41) is 20.9. The van der Waals surface area contributed by atoms with Gasteiger partial charge in [-0.1, -0.05) is 56.2 Å². The third-order valence-electron chi connectivity index (χ3n) is 4.92. The number of unbranched alkanes of at least 4 members (excludes halogenated alkanes) is 3. The molecule has 0 saturated heterocycles. The van der Waals surface area contributed by atoms with Gasteiger partial charge in [0.15, 0.2) is 5.78 Å². The van der Waals surface area contributed by atoms with Crippen molar-refractivity contribution in [3.05, 3.63) is 59.8 Å². The van der Waals surface area contributed by atoms with E-state index in [1.807, 2.05) is 12.2 Å². The van der Waals surface area contributed by atoms with Crippen LogP contribution in [0.4, 0.5) is 0 Å². The highest BCUT2D eigenvalue weighted by atomic mass is 16.5. The summed E-state index contributed by atoms with van der Waals surface area (Å²) in [7, 11) is 0. The first-order valence-corrected chi connectivity index (χ1v) is 10.9. The number of allylic oxidation sites excluding steroid dienone is 5. The highest BCUT2D eigenvalue weighted by molar-refractivity contribution is 6.09. The second-order valence-corrected chi connectivity index (χ2v) is 7.51. The molecule has 0 unspecified atom stereocenters. The number of carbonyl (C=O) groups is 2. The number of ether oxygens (including phenoxy) is 1. The maximum Gasteiger partial charge on any atom is 0.333 e. The van der Waals surface area contributed by atoms with Crippen LogP contribution in [-0.2, 0) is 14.3 Å². The van der Waals surface area contributed by atoms with Crippen molar-refractivity contribution in [3.63, 3.8) is 0 Å². The Hall–Kier alpha value is -2.24. The number of aliphatic hydroxyl groups is 2. The topological polar surface area (TPSA) is 83.8 Å². The van der Waals surface area contributed by atoms with Gasteiger partial charge in [0.2, 0.25) is 0 Å². The first-order chi connectivity index (χ1) is 14.3. The van der Waals surface area contributed by atoms with Gasteiger partial charge in [0, 0.05) is 17.6 Å². The summed E-state index contributed by atoms with van der Waals surface area (Å²) in [6.07, 6.45) is 18.4. The van der Waals surface area contributed by atoms with E-state index in [0.717, 1.165) is 12.8 Å². The van der Waals surface area contributed by atoms with Crippen LogP contribution in [0.5, 0.6) is 0 Å². The molecule has 1 aliphatic rings. The molecule has 0 fully saturated rings. The lowest BCUT2D eigenvalue weighted by atomic mass is 9.92. The molecule has 0 aromatic carbocycles. The van der Waals surface area contributed by atoms with Crippen LogP contribution in [0.25, 0.3) is 0 Å². The van der Waals surface area contributed by atoms with Crippen molar-refractivity contribution >= 4 is 11.8 Å². The van der Waals surface area contributed by atoms with Crippen LogP contribution in [0, 0.1) is 0 Å². The van der Waals surface area contributed by atoms with Gasteiger partial charge in [-0.2, -0.15) is 0 Å². The molecule has 0 spiro atoms. The van der Waals surface area contributed by atoms with E-state index in [0.29, 0.717) is 37.0 Å². The van der Waals surface area contributed by atoms with Crippen LogP contribution in [0.3, 0.4) is 0 Å². The molecule has 5 nitrogen and oxygen atoms in total. The maximum atomic E-state index is 12.1.